The highest BCUT2D eigenvalue weighted by Crippen LogP contribution is 2.39. The average molecular weight is 326 g/mol. The summed E-state index contributed by atoms with van der Waals surface area (Å²) in [6.45, 7) is 1.86. The Balaban J connectivity index is 2.01. The molecule has 1 aromatic heterocycles. The lowest BCUT2D eigenvalue weighted by atomic mass is 9.86. The van der Waals surface area contributed by atoms with Gasteiger partial charge in [-0.25, -0.2) is 4.98 Å². The molecule has 0 spiro atoms. The molecule has 3 rings (SSSR count). The number of para-hydroxylation sites is 1. The van der Waals surface area contributed by atoms with Gasteiger partial charge in [-0.2, -0.15) is 0 Å². The van der Waals surface area contributed by atoms with Crippen LogP contribution in [0, 0.1) is 0 Å². The van der Waals surface area contributed by atoms with Crippen molar-refractivity contribution in [3.8, 4) is 5.88 Å². The molecular formula is C18H18N2O4. The summed E-state index contributed by atoms with van der Waals surface area (Å²) in [5.41, 5.74) is 1.74. The molecule has 0 fully saturated rings. The van der Waals surface area contributed by atoms with Crippen molar-refractivity contribution in [1.82, 2.24) is 4.98 Å². The fourth-order valence-electron chi connectivity index (χ4n) is 3.12. The number of carbonyl (C=O) groups excluding carboxylic acids is 1. The van der Waals surface area contributed by atoms with Crippen molar-refractivity contribution in [3.63, 3.8) is 0 Å². The highest BCUT2D eigenvalue weighted by atomic mass is 16.5. The number of nitrogens with zero attached hydrogens (tertiary/aromatic N) is 2. The molecule has 2 heterocycles. The normalized spacial score (nSPS) is 19.5. The number of anilines is 1. The molecule has 0 bridgehead atoms. The predicted molar refractivity (Wildman–Crippen MR) is 88.5 cm³/mol. The second kappa shape index (κ2) is 6.31. The summed E-state index contributed by atoms with van der Waals surface area (Å²) >= 11 is 0. The number of pyridine rings is 1. The monoisotopic (exact) mass is 326 g/mol. The van der Waals surface area contributed by atoms with Crippen molar-refractivity contribution in [2.24, 2.45) is 0 Å². The van der Waals surface area contributed by atoms with Gasteiger partial charge in [0.2, 0.25) is 5.88 Å². The third-order valence-corrected chi connectivity index (χ3v) is 4.30. The minimum Gasteiger partial charge on any atom is -0.481 e. The Kier molecular flexibility index (Phi) is 4.20. The number of aromatic nitrogens is 1. The largest absolute Gasteiger partial charge is 0.481 e. The number of rotatable bonds is 3. The zero-order valence-electron chi connectivity index (χ0n) is 13.5. The third kappa shape index (κ3) is 2.71. The fraction of sp³-hybridized carbons (Fsp3) is 0.278. The van der Waals surface area contributed by atoms with E-state index in [1.807, 2.05) is 13.0 Å². The van der Waals surface area contributed by atoms with Crippen LogP contribution in [-0.4, -0.2) is 35.1 Å². The first-order chi connectivity index (χ1) is 11.5. The molecule has 0 aliphatic carbocycles. The Labute approximate surface area is 139 Å². The lowest BCUT2D eigenvalue weighted by Crippen LogP contribution is -2.44. The van der Waals surface area contributed by atoms with Crippen molar-refractivity contribution in [1.29, 1.82) is 0 Å². The van der Waals surface area contributed by atoms with Gasteiger partial charge in [-0.05, 0) is 31.0 Å². The van der Waals surface area contributed by atoms with Crippen LogP contribution in [0.15, 0.2) is 42.6 Å². The number of fused-ring (bicyclic) bond motifs is 1. The van der Waals surface area contributed by atoms with Gasteiger partial charge in [0.05, 0.1) is 18.6 Å². The molecule has 24 heavy (non-hydrogen) atoms. The molecule has 1 aliphatic rings. The van der Waals surface area contributed by atoms with Gasteiger partial charge in [-0.3, -0.25) is 9.59 Å². The van der Waals surface area contributed by atoms with Crippen LogP contribution >= 0.6 is 0 Å². The average Bonchev–Trinajstić information content (AvgIpc) is 2.60. The summed E-state index contributed by atoms with van der Waals surface area (Å²) in [5, 5.41) is 9.48. The SMILES string of the molecule is COc1ccc(C(=O)N2c3ccccc3C(C(=O)O)CC2C)cn1. The smallest absolute Gasteiger partial charge is 0.311 e. The lowest BCUT2D eigenvalue weighted by Gasteiger charge is -2.38. The lowest BCUT2D eigenvalue weighted by molar-refractivity contribution is -0.139. The topological polar surface area (TPSA) is 79.7 Å². The number of benzene rings is 1. The van der Waals surface area contributed by atoms with Gasteiger partial charge in [0.15, 0.2) is 0 Å². The molecule has 0 saturated heterocycles. The quantitative estimate of drug-likeness (QED) is 0.938. The van der Waals surface area contributed by atoms with Crippen LogP contribution < -0.4 is 9.64 Å². The van der Waals surface area contributed by atoms with E-state index in [9.17, 15) is 14.7 Å². The summed E-state index contributed by atoms with van der Waals surface area (Å²) in [4.78, 5) is 30.2. The highest BCUT2D eigenvalue weighted by Gasteiger charge is 2.37. The molecule has 2 atom stereocenters. The van der Waals surface area contributed by atoms with E-state index in [-0.39, 0.29) is 11.9 Å². The van der Waals surface area contributed by atoms with Crippen molar-refractivity contribution in [3.05, 3.63) is 53.7 Å². The summed E-state index contributed by atoms with van der Waals surface area (Å²) in [7, 11) is 1.51. The molecule has 1 aromatic carbocycles. The molecule has 6 nitrogen and oxygen atoms in total. The van der Waals surface area contributed by atoms with Gasteiger partial charge in [-0.1, -0.05) is 18.2 Å². The van der Waals surface area contributed by atoms with E-state index in [0.717, 1.165) is 0 Å². The maximum absolute atomic E-state index is 12.9. The number of aliphatic carboxylic acids is 1. The van der Waals surface area contributed by atoms with E-state index < -0.39 is 11.9 Å². The summed E-state index contributed by atoms with van der Waals surface area (Å²) in [6.07, 6.45) is 1.85. The van der Waals surface area contributed by atoms with Crippen LogP contribution in [0.3, 0.4) is 0 Å². The molecule has 1 amide bonds. The van der Waals surface area contributed by atoms with Gasteiger partial charge in [-0.15, -0.1) is 0 Å². The molecule has 2 aromatic rings. The Morgan fingerprint density at radius 3 is 2.62 bits per heavy atom. The Morgan fingerprint density at radius 2 is 2.00 bits per heavy atom. The number of carbonyl (C=O) groups is 2. The maximum Gasteiger partial charge on any atom is 0.311 e. The minimum absolute atomic E-state index is 0.200. The van der Waals surface area contributed by atoms with E-state index in [0.29, 0.717) is 29.1 Å². The van der Waals surface area contributed by atoms with Gasteiger partial charge in [0, 0.05) is 24.0 Å². The summed E-state index contributed by atoms with van der Waals surface area (Å²) < 4.78 is 5.01. The second-order valence-electron chi connectivity index (χ2n) is 5.80. The van der Waals surface area contributed by atoms with Gasteiger partial charge in [0.25, 0.3) is 5.91 Å². The number of methoxy groups -OCH3 is 1. The third-order valence-electron chi connectivity index (χ3n) is 4.30. The summed E-state index contributed by atoms with van der Waals surface area (Å²) in [6, 6.07) is 10.2. The molecule has 124 valence electrons. The van der Waals surface area contributed by atoms with Gasteiger partial charge < -0.3 is 14.7 Å². The van der Waals surface area contributed by atoms with Gasteiger partial charge >= 0.3 is 5.97 Å². The Hall–Kier alpha value is -2.89. The zero-order valence-corrected chi connectivity index (χ0v) is 13.5. The zero-order chi connectivity index (χ0) is 17.3. The molecule has 0 radical (unpaired) electrons. The highest BCUT2D eigenvalue weighted by molar-refractivity contribution is 6.07. The van der Waals surface area contributed by atoms with E-state index in [2.05, 4.69) is 4.98 Å². The first-order valence-electron chi connectivity index (χ1n) is 7.68. The van der Waals surface area contributed by atoms with Gasteiger partial charge in [0.1, 0.15) is 0 Å². The molecular weight excluding hydrogens is 308 g/mol. The second-order valence-corrected chi connectivity index (χ2v) is 5.80. The van der Waals surface area contributed by atoms with Crippen LogP contribution in [0.1, 0.15) is 35.2 Å². The van der Waals surface area contributed by atoms with Crippen LogP contribution in [0.25, 0.3) is 0 Å². The predicted octanol–water partition coefficient (Wildman–Crippen LogP) is 2.70. The molecule has 6 heteroatoms. The minimum atomic E-state index is -0.868. The van der Waals surface area contributed by atoms with Crippen LogP contribution in [-0.2, 0) is 4.79 Å². The van der Waals surface area contributed by atoms with Crippen molar-refractivity contribution >= 4 is 17.6 Å². The first-order valence-corrected chi connectivity index (χ1v) is 7.68. The van der Waals surface area contributed by atoms with E-state index in [4.69, 9.17) is 4.74 Å². The van der Waals surface area contributed by atoms with E-state index >= 15 is 0 Å². The van der Waals surface area contributed by atoms with Crippen molar-refractivity contribution < 1.29 is 19.4 Å². The fourth-order valence-corrected chi connectivity index (χ4v) is 3.12. The van der Waals surface area contributed by atoms with Crippen LogP contribution in [0.5, 0.6) is 5.88 Å². The summed E-state index contributed by atoms with van der Waals surface area (Å²) in [5.74, 6) is -1.24. The van der Waals surface area contributed by atoms with Crippen LogP contribution in [0.4, 0.5) is 5.69 Å². The Bertz CT molecular complexity index is 773. The number of carboxylic acid groups (broad SMARTS) is 1. The molecule has 0 saturated carbocycles. The maximum atomic E-state index is 12.9. The molecule has 2 unspecified atom stereocenters. The number of carboxylic acids is 1. The van der Waals surface area contributed by atoms with Crippen molar-refractivity contribution in [2.45, 2.75) is 25.3 Å². The van der Waals surface area contributed by atoms with Crippen molar-refractivity contribution in [2.75, 3.05) is 12.0 Å². The number of ether oxygens (including phenoxy) is 1. The number of hydrogen-bond acceptors (Lipinski definition) is 4. The van der Waals surface area contributed by atoms with E-state index in [1.54, 1.807) is 35.2 Å². The first kappa shape index (κ1) is 16.0. The number of amides is 1. The van der Waals surface area contributed by atoms with E-state index in [1.165, 1.54) is 13.3 Å². The Morgan fingerprint density at radius 1 is 1.25 bits per heavy atom. The molecule has 1 N–H and O–H groups in total. The molecule has 1 aliphatic heterocycles. The van der Waals surface area contributed by atoms with Crippen LogP contribution in [0.2, 0.25) is 0 Å². The number of hydrogen-bond donors (Lipinski definition) is 1. The standard InChI is InChI=1S/C18H18N2O4/c1-11-9-14(18(22)23)13-5-3-4-6-15(13)20(11)17(21)12-7-8-16(24-2)19-10-12/h3-8,10-11,14H,9H2,1-2H3,(H,22,23).